The molecule has 204 valence electrons. The van der Waals surface area contributed by atoms with E-state index < -0.39 is 18.2 Å². The number of nitrogens with one attached hydrogen (secondary N) is 2. The summed E-state index contributed by atoms with van der Waals surface area (Å²) in [5.41, 5.74) is 3.16. The quantitative estimate of drug-likeness (QED) is 0.345. The molecule has 2 atom stereocenters. The molecule has 1 aromatic carbocycles. The third-order valence-electron chi connectivity index (χ3n) is 6.11. The maximum Gasteiger partial charge on any atom is 0.269 e. The van der Waals surface area contributed by atoms with Crippen molar-refractivity contribution in [3.05, 3.63) is 83.2 Å². The topological polar surface area (TPSA) is 139 Å². The van der Waals surface area contributed by atoms with Crippen LogP contribution in [0.4, 0.5) is 5.69 Å². The van der Waals surface area contributed by atoms with Crippen LogP contribution in [0, 0.1) is 0 Å². The van der Waals surface area contributed by atoms with Crippen molar-refractivity contribution in [2.75, 3.05) is 33.2 Å². The van der Waals surface area contributed by atoms with E-state index in [9.17, 15) is 14.7 Å². The van der Waals surface area contributed by atoms with Gasteiger partial charge in [0, 0.05) is 55.6 Å². The highest BCUT2D eigenvalue weighted by molar-refractivity contribution is 6.31. The lowest BCUT2D eigenvalue weighted by Gasteiger charge is -2.36. The number of aliphatic hydroxyl groups is 1. The molecule has 2 amide bonds. The van der Waals surface area contributed by atoms with Gasteiger partial charge >= 0.3 is 0 Å². The van der Waals surface area contributed by atoms with Crippen LogP contribution < -0.4 is 10.6 Å². The molecule has 0 spiro atoms. The standard InChI is InChI=1S/C27H28ClN5O6/c1-29-26(35)22-7-5-17(14-30-22)31-27(36)23(9-10-37-2)33-15-24(38-3)20(13-25(33)34)19-12-16(28)4-6-18(19)21-8-11-39-32-21/h4-8,11-15,23,25,34H,9-10H2,1-3H3,(H,29,35)(H,31,36). The average Bonchev–Trinajstić information content (AvgIpc) is 3.48. The minimum atomic E-state index is -1.19. The number of carbonyl (C=O) groups excluding carboxylic acids is 2. The van der Waals surface area contributed by atoms with Crippen molar-refractivity contribution in [2.45, 2.75) is 18.7 Å². The van der Waals surface area contributed by atoms with Crippen LogP contribution >= 0.6 is 11.6 Å². The number of allylic oxidation sites excluding steroid dienone is 1. The molecule has 0 fully saturated rings. The normalized spacial score (nSPS) is 15.7. The molecule has 0 saturated carbocycles. The van der Waals surface area contributed by atoms with Gasteiger partial charge in [-0.2, -0.15) is 0 Å². The zero-order valence-corrected chi connectivity index (χ0v) is 22.3. The van der Waals surface area contributed by atoms with Gasteiger partial charge in [0.25, 0.3) is 5.91 Å². The van der Waals surface area contributed by atoms with Gasteiger partial charge in [0.15, 0.2) is 0 Å². The Hall–Kier alpha value is -4.19. The van der Waals surface area contributed by atoms with Crippen LogP contribution in [0.1, 0.15) is 22.5 Å². The molecule has 2 aromatic heterocycles. The van der Waals surface area contributed by atoms with E-state index in [1.54, 1.807) is 42.6 Å². The Morgan fingerprint density at radius 2 is 2.03 bits per heavy atom. The highest BCUT2D eigenvalue weighted by Gasteiger charge is 2.33. The van der Waals surface area contributed by atoms with E-state index in [-0.39, 0.29) is 24.6 Å². The van der Waals surface area contributed by atoms with Crippen LogP contribution in [0.5, 0.6) is 0 Å². The van der Waals surface area contributed by atoms with Gasteiger partial charge in [-0.05, 0) is 35.9 Å². The zero-order chi connectivity index (χ0) is 27.9. The predicted molar refractivity (Wildman–Crippen MR) is 144 cm³/mol. The van der Waals surface area contributed by atoms with Crippen molar-refractivity contribution < 1.29 is 28.7 Å². The predicted octanol–water partition coefficient (Wildman–Crippen LogP) is 3.30. The first-order chi connectivity index (χ1) is 18.9. The number of ether oxygens (including phenoxy) is 2. The van der Waals surface area contributed by atoms with Gasteiger partial charge in [0.05, 0.1) is 19.0 Å². The van der Waals surface area contributed by atoms with Crippen LogP contribution in [-0.4, -0.2) is 72.1 Å². The second kappa shape index (κ2) is 12.6. The summed E-state index contributed by atoms with van der Waals surface area (Å²) in [5.74, 6) is -0.345. The van der Waals surface area contributed by atoms with E-state index in [0.717, 1.165) is 5.56 Å². The van der Waals surface area contributed by atoms with Crippen molar-refractivity contribution >= 4 is 34.7 Å². The van der Waals surface area contributed by atoms with Crippen LogP contribution in [0.3, 0.4) is 0 Å². The summed E-state index contributed by atoms with van der Waals surface area (Å²) < 4.78 is 15.9. The van der Waals surface area contributed by atoms with E-state index in [0.29, 0.717) is 33.3 Å². The third-order valence-corrected chi connectivity index (χ3v) is 6.34. The van der Waals surface area contributed by atoms with Crippen molar-refractivity contribution in [3.63, 3.8) is 0 Å². The van der Waals surface area contributed by atoms with Crippen LogP contribution in [0.15, 0.2) is 71.4 Å². The number of hydrogen-bond acceptors (Lipinski definition) is 9. The van der Waals surface area contributed by atoms with Crippen LogP contribution in [0.2, 0.25) is 5.02 Å². The summed E-state index contributed by atoms with van der Waals surface area (Å²) in [4.78, 5) is 30.7. The molecule has 1 aliphatic rings. The third kappa shape index (κ3) is 6.28. The van der Waals surface area contributed by atoms with E-state index in [4.69, 9.17) is 25.6 Å². The number of benzene rings is 1. The van der Waals surface area contributed by atoms with E-state index in [1.165, 1.54) is 44.7 Å². The smallest absolute Gasteiger partial charge is 0.269 e. The Balaban J connectivity index is 1.63. The number of methoxy groups -OCH3 is 2. The number of amides is 2. The summed E-state index contributed by atoms with van der Waals surface area (Å²) in [6.45, 7) is 0.256. The van der Waals surface area contributed by atoms with Gasteiger partial charge in [-0.3, -0.25) is 9.59 Å². The zero-order valence-electron chi connectivity index (χ0n) is 21.6. The summed E-state index contributed by atoms with van der Waals surface area (Å²) in [6, 6.07) is 9.25. The number of rotatable bonds is 10. The maximum atomic E-state index is 13.4. The fraction of sp³-hybridized carbons (Fsp3) is 0.259. The fourth-order valence-corrected chi connectivity index (χ4v) is 4.35. The summed E-state index contributed by atoms with van der Waals surface area (Å²) in [7, 11) is 4.54. The number of aliphatic hydroxyl groups excluding tert-OH is 1. The molecule has 0 radical (unpaired) electrons. The van der Waals surface area contributed by atoms with Gasteiger partial charge in [0.1, 0.15) is 35.7 Å². The highest BCUT2D eigenvalue weighted by atomic mass is 35.5. The molecule has 3 N–H and O–H groups in total. The number of aromatic nitrogens is 2. The van der Waals surface area contributed by atoms with Gasteiger partial charge < -0.3 is 34.6 Å². The molecule has 3 heterocycles. The van der Waals surface area contributed by atoms with Gasteiger partial charge in [-0.1, -0.05) is 22.8 Å². The molecule has 11 nitrogen and oxygen atoms in total. The maximum absolute atomic E-state index is 13.4. The lowest BCUT2D eigenvalue weighted by atomic mass is 9.94. The summed E-state index contributed by atoms with van der Waals surface area (Å²) in [5, 5.41) is 21.0. The molecule has 39 heavy (non-hydrogen) atoms. The van der Waals surface area contributed by atoms with Gasteiger partial charge in [0.2, 0.25) is 5.91 Å². The highest BCUT2D eigenvalue weighted by Crippen LogP contribution is 2.37. The molecule has 0 aliphatic carbocycles. The van der Waals surface area contributed by atoms with Crippen LogP contribution in [-0.2, 0) is 14.3 Å². The monoisotopic (exact) mass is 553 g/mol. The van der Waals surface area contributed by atoms with Crippen molar-refractivity contribution in [2.24, 2.45) is 0 Å². The lowest BCUT2D eigenvalue weighted by molar-refractivity contribution is -0.123. The fourth-order valence-electron chi connectivity index (χ4n) is 4.17. The second-order valence-corrected chi connectivity index (χ2v) is 8.95. The Bertz CT molecular complexity index is 1370. The average molecular weight is 554 g/mol. The minimum Gasteiger partial charge on any atom is -0.495 e. The second-order valence-electron chi connectivity index (χ2n) is 8.51. The van der Waals surface area contributed by atoms with Crippen molar-refractivity contribution in [3.8, 4) is 11.3 Å². The molecule has 0 bridgehead atoms. The number of nitrogens with zero attached hydrogens (tertiary/aromatic N) is 3. The molecule has 4 rings (SSSR count). The Kier molecular flexibility index (Phi) is 8.97. The molecule has 3 aromatic rings. The van der Waals surface area contributed by atoms with Crippen LogP contribution in [0.25, 0.3) is 16.8 Å². The first-order valence-corrected chi connectivity index (χ1v) is 12.4. The van der Waals surface area contributed by atoms with E-state index >= 15 is 0 Å². The largest absolute Gasteiger partial charge is 0.495 e. The number of pyridine rings is 1. The molecular weight excluding hydrogens is 526 g/mol. The molecule has 12 heteroatoms. The molecule has 2 unspecified atom stereocenters. The lowest BCUT2D eigenvalue weighted by Crippen LogP contribution is -2.47. The Labute approximate surface area is 230 Å². The Morgan fingerprint density at radius 1 is 1.21 bits per heavy atom. The molecular formula is C27H28ClN5O6. The first kappa shape index (κ1) is 27.8. The SMILES string of the molecule is CNC(=O)c1ccc(NC(=O)C(CCOC)N2C=C(OC)C(c3cc(Cl)ccc3-c3ccon3)=CC2O)cn1. The van der Waals surface area contributed by atoms with E-state index in [1.807, 2.05) is 0 Å². The number of anilines is 1. The number of carbonyl (C=O) groups is 2. The van der Waals surface area contributed by atoms with E-state index in [2.05, 4.69) is 20.8 Å². The summed E-state index contributed by atoms with van der Waals surface area (Å²) >= 11 is 6.32. The van der Waals surface area contributed by atoms with Crippen molar-refractivity contribution in [1.82, 2.24) is 20.4 Å². The number of hydrogen-bond donors (Lipinski definition) is 3. The summed E-state index contributed by atoms with van der Waals surface area (Å²) in [6.07, 6.45) is 5.10. The van der Waals surface area contributed by atoms with Gasteiger partial charge in [-0.15, -0.1) is 0 Å². The van der Waals surface area contributed by atoms with Gasteiger partial charge in [-0.25, -0.2) is 4.98 Å². The van der Waals surface area contributed by atoms with Crippen molar-refractivity contribution in [1.29, 1.82) is 0 Å². The molecule has 1 aliphatic heterocycles. The molecule has 0 saturated heterocycles. The first-order valence-electron chi connectivity index (χ1n) is 12.0. The number of halogens is 1. The Morgan fingerprint density at radius 3 is 2.67 bits per heavy atom. The minimum absolute atomic E-state index is 0.217.